The lowest BCUT2D eigenvalue weighted by molar-refractivity contribution is -0.117. The molecule has 1 aromatic heterocycles. The number of benzene rings is 1. The van der Waals surface area contributed by atoms with Gasteiger partial charge in [-0.1, -0.05) is 23.2 Å². The minimum absolute atomic E-state index is 0.0875. The first kappa shape index (κ1) is 13.5. The maximum Gasteiger partial charge on any atom is 0.143 e. The number of carbonyl (C=O) groups excluding carboxylic acids is 1. The molecule has 1 heterocycles. The molecule has 0 aliphatic heterocycles. The Bertz CT molecular complexity index is 580. The Hall–Kier alpha value is -0.900. The average molecular weight is 300 g/mol. The Labute approximate surface area is 120 Å². The normalized spacial score (nSPS) is 10.6. The van der Waals surface area contributed by atoms with Crippen LogP contribution in [-0.2, 0) is 17.6 Å². The van der Waals surface area contributed by atoms with Crippen molar-refractivity contribution >= 4 is 40.3 Å². The number of halogens is 2. The van der Waals surface area contributed by atoms with Crippen molar-refractivity contribution in [1.29, 1.82) is 0 Å². The van der Waals surface area contributed by atoms with Crippen molar-refractivity contribution in [3.63, 3.8) is 0 Å². The maximum atomic E-state index is 11.9. The lowest BCUT2D eigenvalue weighted by Gasteiger charge is -2.03. The summed E-state index contributed by atoms with van der Waals surface area (Å²) in [5, 5.41) is 4.04. The second-order valence-electron chi connectivity index (χ2n) is 3.99. The van der Waals surface area contributed by atoms with Gasteiger partial charge >= 0.3 is 0 Å². The van der Waals surface area contributed by atoms with Crippen molar-refractivity contribution in [2.45, 2.75) is 19.8 Å². The van der Waals surface area contributed by atoms with Crippen molar-refractivity contribution in [3.05, 3.63) is 49.9 Å². The fourth-order valence-electron chi connectivity index (χ4n) is 1.65. The highest BCUT2D eigenvalue weighted by atomic mass is 35.5. The summed E-state index contributed by atoms with van der Waals surface area (Å²) >= 11 is 13.5. The molecule has 94 valence electrons. The second-order valence-corrected chi connectivity index (χ2v) is 5.89. The summed E-state index contributed by atoms with van der Waals surface area (Å²) < 4.78 is 0. The molecule has 2 nitrogen and oxygen atoms in total. The van der Waals surface area contributed by atoms with E-state index < -0.39 is 0 Å². The second kappa shape index (κ2) is 5.83. The predicted molar refractivity (Wildman–Crippen MR) is 75.7 cm³/mol. The Morgan fingerprint density at radius 3 is 2.78 bits per heavy atom. The number of aromatic nitrogens is 1. The third kappa shape index (κ3) is 3.55. The van der Waals surface area contributed by atoms with Crippen molar-refractivity contribution in [3.8, 4) is 0 Å². The molecular formula is C13H11Cl2NOS. The topological polar surface area (TPSA) is 30.0 Å². The van der Waals surface area contributed by atoms with Gasteiger partial charge in [-0.15, -0.1) is 11.3 Å². The number of rotatable bonds is 4. The van der Waals surface area contributed by atoms with E-state index in [4.69, 9.17) is 23.2 Å². The minimum Gasteiger partial charge on any atom is -0.299 e. The third-order valence-electron chi connectivity index (χ3n) is 2.44. The van der Waals surface area contributed by atoms with E-state index in [0.29, 0.717) is 16.5 Å². The molecule has 0 amide bonds. The van der Waals surface area contributed by atoms with Crippen LogP contribution in [0.5, 0.6) is 0 Å². The third-order valence-corrected chi connectivity index (χ3v) is 3.87. The Morgan fingerprint density at radius 2 is 2.11 bits per heavy atom. The van der Waals surface area contributed by atoms with Gasteiger partial charge in [0.15, 0.2) is 0 Å². The number of aryl methyl sites for hydroxylation is 1. The largest absolute Gasteiger partial charge is 0.299 e. The molecule has 0 unspecified atom stereocenters. The van der Waals surface area contributed by atoms with Crippen LogP contribution in [0, 0.1) is 6.92 Å². The molecule has 0 saturated heterocycles. The molecule has 2 rings (SSSR count). The van der Waals surface area contributed by atoms with Gasteiger partial charge in [-0.2, -0.15) is 0 Å². The van der Waals surface area contributed by atoms with Gasteiger partial charge in [0.25, 0.3) is 0 Å². The summed E-state index contributed by atoms with van der Waals surface area (Å²) in [5.74, 6) is 0.0875. The van der Waals surface area contributed by atoms with E-state index in [1.165, 1.54) is 0 Å². The maximum absolute atomic E-state index is 11.9. The summed E-state index contributed by atoms with van der Waals surface area (Å²) in [5.41, 5.74) is 1.58. The SMILES string of the molecule is Cc1nc(CC(=O)Cc2cc(Cl)ccc2Cl)cs1. The zero-order chi connectivity index (χ0) is 13.1. The molecule has 0 saturated carbocycles. The van der Waals surface area contributed by atoms with Crippen LogP contribution in [-0.4, -0.2) is 10.8 Å². The van der Waals surface area contributed by atoms with Crippen LogP contribution < -0.4 is 0 Å². The van der Waals surface area contributed by atoms with Crippen LogP contribution in [0.3, 0.4) is 0 Å². The van der Waals surface area contributed by atoms with Crippen LogP contribution in [0.1, 0.15) is 16.3 Å². The Kier molecular flexibility index (Phi) is 4.38. The van der Waals surface area contributed by atoms with Crippen LogP contribution in [0.2, 0.25) is 10.0 Å². The Balaban J connectivity index is 2.05. The lowest BCUT2D eigenvalue weighted by atomic mass is 10.1. The van der Waals surface area contributed by atoms with Gasteiger partial charge < -0.3 is 0 Å². The molecule has 0 atom stereocenters. The van der Waals surface area contributed by atoms with E-state index in [1.807, 2.05) is 12.3 Å². The first-order valence-electron chi connectivity index (χ1n) is 5.41. The Morgan fingerprint density at radius 1 is 1.33 bits per heavy atom. The lowest BCUT2D eigenvalue weighted by Crippen LogP contribution is -2.07. The van der Waals surface area contributed by atoms with Gasteiger partial charge in [0.1, 0.15) is 5.78 Å². The highest BCUT2D eigenvalue weighted by molar-refractivity contribution is 7.09. The van der Waals surface area contributed by atoms with Crippen molar-refractivity contribution in [2.75, 3.05) is 0 Å². The molecule has 2 aromatic rings. The van der Waals surface area contributed by atoms with Crippen LogP contribution in [0.4, 0.5) is 0 Å². The summed E-state index contributed by atoms with van der Waals surface area (Å²) in [4.78, 5) is 16.2. The van der Waals surface area contributed by atoms with Crippen LogP contribution in [0.15, 0.2) is 23.6 Å². The molecule has 1 aromatic carbocycles. The van der Waals surface area contributed by atoms with Gasteiger partial charge in [-0.25, -0.2) is 4.98 Å². The molecule has 0 fully saturated rings. The first-order valence-corrected chi connectivity index (χ1v) is 7.05. The fraction of sp³-hybridized carbons (Fsp3) is 0.231. The van der Waals surface area contributed by atoms with Gasteiger partial charge in [0, 0.05) is 28.3 Å². The monoisotopic (exact) mass is 299 g/mol. The number of ketones is 1. The molecule has 0 N–H and O–H groups in total. The molecule has 5 heteroatoms. The van der Waals surface area contributed by atoms with Gasteiger partial charge in [-0.05, 0) is 30.7 Å². The molecule has 0 aliphatic rings. The smallest absolute Gasteiger partial charge is 0.143 e. The van der Waals surface area contributed by atoms with E-state index in [1.54, 1.807) is 29.5 Å². The van der Waals surface area contributed by atoms with E-state index in [9.17, 15) is 4.79 Å². The molecule has 18 heavy (non-hydrogen) atoms. The summed E-state index contributed by atoms with van der Waals surface area (Å²) in [6, 6.07) is 5.15. The molecule has 0 spiro atoms. The number of Topliss-reactive ketones (excluding diaryl/α,β-unsaturated/α-hetero) is 1. The van der Waals surface area contributed by atoms with Crippen molar-refractivity contribution < 1.29 is 4.79 Å². The highest BCUT2D eigenvalue weighted by Crippen LogP contribution is 2.21. The zero-order valence-corrected chi connectivity index (χ0v) is 12.1. The zero-order valence-electron chi connectivity index (χ0n) is 9.74. The fourth-order valence-corrected chi connectivity index (χ4v) is 2.64. The highest BCUT2D eigenvalue weighted by Gasteiger charge is 2.10. The molecule has 0 aliphatic carbocycles. The van der Waals surface area contributed by atoms with Crippen LogP contribution >= 0.6 is 34.5 Å². The van der Waals surface area contributed by atoms with E-state index in [0.717, 1.165) is 16.3 Å². The molecule has 0 bridgehead atoms. The molecular weight excluding hydrogens is 289 g/mol. The summed E-state index contributed by atoms with van der Waals surface area (Å²) in [6.45, 7) is 1.92. The number of hydrogen-bond acceptors (Lipinski definition) is 3. The number of hydrogen-bond donors (Lipinski definition) is 0. The minimum atomic E-state index is 0.0875. The number of nitrogens with zero attached hydrogens (tertiary/aromatic N) is 1. The van der Waals surface area contributed by atoms with E-state index in [-0.39, 0.29) is 12.2 Å². The first-order chi connectivity index (χ1) is 8.54. The van der Waals surface area contributed by atoms with Crippen molar-refractivity contribution in [1.82, 2.24) is 4.98 Å². The van der Waals surface area contributed by atoms with Gasteiger partial charge in [0.2, 0.25) is 0 Å². The number of thiazole rings is 1. The number of carbonyl (C=O) groups is 1. The van der Waals surface area contributed by atoms with E-state index in [2.05, 4.69) is 4.98 Å². The van der Waals surface area contributed by atoms with Gasteiger partial charge in [-0.3, -0.25) is 4.79 Å². The predicted octanol–water partition coefficient (Wildman–Crippen LogP) is 4.11. The van der Waals surface area contributed by atoms with E-state index >= 15 is 0 Å². The summed E-state index contributed by atoms with van der Waals surface area (Å²) in [7, 11) is 0. The summed E-state index contributed by atoms with van der Waals surface area (Å²) in [6.07, 6.45) is 0.628. The van der Waals surface area contributed by atoms with Gasteiger partial charge in [0.05, 0.1) is 10.7 Å². The average Bonchev–Trinajstić information content (AvgIpc) is 2.69. The van der Waals surface area contributed by atoms with Crippen LogP contribution in [0.25, 0.3) is 0 Å². The van der Waals surface area contributed by atoms with Crippen molar-refractivity contribution in [2.24, 2.45) is 0 Å². The standard InChI is InChI=1S/C13H11Cl2NOS/c1-8-16-11(7-18-8)6-12(17)5-9-4-10(14)2-3-13(9)15/h2-4,7H,5-6H2,1H3. The quantitative estimate of drug-likeness (QED) is 0.850. The molecule has 0 radical (unpaired) electrons.